The zero-order chi connectivity index (χ0) is 24.2. The van der Waals surface area contributed by atoms with Crippen LogP contribution in [-0.2, 0) is 4.79 Å². The molecule has 0 radical (unpaired) electrons. The van der Waals surface area contributed by atoms with Crippen LogP contribution in [0.15, 0.2) is 60.2 Å². The van der Waals surface area contributed by atoms with Crippen LogP contribution in [0, 0.1) is 40.4 Å². The summed E-state index contributed by atoms with van der Waals surface area (Å²) in [6.07, 6.45) is -4.88. The van der Waals surface area contributed by atoms with Crippen molar-refractivity contribution < 1.29 is 18.0 Å². The van der Waals surface area contributed by atoms with Gasteiger partial charge in [-0.1, -0.05) is 67.1 Å². The molecule has 1 amide bonds. The highest BCUT2D eigenvalue weighted by Gasteiger charge is 2.77. The van der Waals surface area contributed by atoms with Gasteiger partial charge in [-0.25, -0.2) is 0 Å². The number of hydrogen-bond acceptors (Lipinski definition) is 3. The lowest BCUT2D eigenvalue weighted by Gasteiger charge is -2.44. The second-order valence-electron chi connectivity index (χ2n) is 9.23. The van der Waals surface area contributed by atoms with Crippen molar-refractivity contribution in [2.45, 2.75) is 44.8 Å². The smallest absolute Gasteiger partial charge is 0.340 e. The molecule has 1 unspecified atom stereocenters. The molecule has 0 heterocycles. The Labute approximate surface area is 190 Å². The number of aryl methyl sites for hydroxylation is 1. The van der Waals surface area contributed by atoms with E-state index in [4.69, 9.17) is 0 Å². The van der Waals surface area contributed by atoms with Gasteiger partial charge in [-0.05, 0) is 37.0 Å². The van der Waals surface area contributed by atoms with Crippen molar-refractivity contribution in [3.8, 4) is 12.1 Å². The Hall–Kier alpha value is -3.58. The molecule has 4 nitrogen and oxygen atoms in total. The molecule has 0 spiro atoms. The molecule has 1 saturated carbocycles. The minimum Gasteiger partial charge on any atom is -0.340 e. The van der Waals surface area contributed by atoms with E-state index in [1.165, 1.54) is 6.92 Å². The summed E-state index contributed by atoms with van der Waals surface area (Å²) < 4.78 is 40.2. The van der Waals surface area contributed by atoms with Crippen LogP contribution in [0.4, 0.5) is 13.2 Å². The Morgan fingerprint density at radius 1 is 1.09 bits per heavy atom. The fraction of sp³-hybridized carbons (Fsp3) is 0.346. The zero-order valence-electron chi connectivity index (χ0n) is 18.4. The van der Waals surface area contributed by atoms with Crippen LogP contribution in [-0.4, -0.2) is 17.6 Å². The largest absolute Gasteiger partial charge is 0.471 e. The second kappa shape index (κ2) is 7.22. The lowest BCUT2D eigenvalue weighted by molar-refractivity contribution is -0.177. The highest BCUT2D eigenvalue weighted by Crippen LogP contribution is 2.76. The van der Waals surface area contributed by atoms with Gasteiger partial charge >= 0.3 is 12.1 Å². The maximum atomic E-state index is 13.4. The highest BCUT2D eigenvalue weighted by atomic mass is 19.4. The predicted octanol–water partition coefficient (Wildman–Crippen LogP) is 5.43. The molecule has 2 aromatic carbocycles. The Morgan fingerprint density at radius 3 is 2.30 bits per heavy atom. The lowest BCUT2D eigenvalue weighted by atomic mass is 9.62. The summed E-state index contributed by atoms with van der Waals surface area (Å²) >= 11 is 0. The van der Waals surface area contributed by atoms with Gasteiger partial charge in [0, 0.05) is 16.9 Å². The third kappa shape index (κ3) is 2.85. The first kappa shape index (κ1) is 22.6. The van der Waals surface area contributed by atoms with E-state index >= 15 is 0 Å². The molecule has 2 aliphatic carbocycles. The molecule has 1 fully saturated rings. The van der Waals surface area contributed by atoms with E-state index in [1.54, 1.807) is 37.3 Å². The van der Waals surface area contributed by atoms with Crippen molar-refractivity contribution in [1.29, 1.82) is 10.5 Å². The van der Waals surface area contributed by atoms with E-state index < -0.39 is 34.4 Å². The number of carbonyl (C=O) groups excluding carboxylic acids is 1. The Morgan fingerprint density at radius 2 is 1.76 bits per heavy atom. The van der Waals surface area contributed by atoms with Crippen molar-refractivity contribution in [3.05, 3.63) is 76.9 Å². The van der Waals surface area contributed by atoms with Crippen LogP contribution in [0.25, 0.3) is 5.57 Å². The minimum atomic E-state index is -5.13. The first-order valence-electron chi connectivity index (χ1n) is 10.5. The number of nitriles is 2. The first-order chi connectivity index (χ1) is 15.5. The molecular weight excluding hydrogens is 427 g/mol. The van der Waals surface area contributed by atoms with Gasteiger partial charge in [-0.15, -0.1) is 0 Å². The minimum absolute atomic E-state index is 0.240. The molecule has 1 N–H and O–H groups in total. The van der Waals surface area contributed by atoms with Crippen LogP contribution < -0.4 is 5.32 Å². The standard InChI is InChI=1S/C26H22F3N3O/c1-16-8-7-11-18(12-16)19-13-23(2)20(14-30)21(17-9-5-4-6-10-17)25(19,15-31)24(23,3)32-22(33)26(27,28)29/h4-12,19H,13H2,1-3H3,(H,32,33)/t19-,23+,24?,25-/m1/s1. The van der Waals surface area contributed by atoms with Crippen LogP contribution in [0.2, 0.25) is 0 Å². The fourth-order valence-electron chi connectivity index (χ4n) is 5.99. The number of rotatable bonds is 3. The molecule has 33 heavy (non-hydrogen) atoms. The first-order valence-corrected chi connectivity index (χ1v) is 10.5. The van der Waals surface area contributed by atoms with E-state index in [0.717, 1.165) is 11.1 Å². The normalized spacial score (nSPS) is 30.6. The summed E-state index contributed by atoms with van der Waals surface area (Å²) in [6.45, 7) is 5.06. The molecule has 2 aromatic rings. The number of halogens is 3. The predicted molar refractivity (Wildman–Crippen MR) is 116 cm³/mol. The van der Waals surface area contributed by atoms with Crippen molar-refractivity contribution >= 4 is 11.5 Å². The van der Waals surface area contributed by atoms with E-state index in [0.29, 0.717) is 11.1 Å². The van der Waals surface area contributed by atoms with Gasteiger partial charge < -0.3 is 5.32 Å². The van der Waals surface area contributed by atoms with Crippen LogP contribution in [0.1, 0.15) is 42.9 Å². The van der Waals surface area contributed by atoms with E-state index in [-0.39, 0.29) is 12.0 Å². The number of carbonyl (C=O) groups is 1. The number of benzene rings is 2. The number of hydrogen-bond donors (Lipinski definition) is 1. The lowest BCUT2D eigenvalue weighted by Crippen LogP contribution is -2.62. The summed E-state index contributed by atoms with van der Waals surface area (Å²) in [5.74, 6) is -2.65. The molecule has 0 saturated heterocycles. The molecule has 7 heteroatoms. The molecule has 4 rings (SSSR count). The van der Waals surface area contributed by atoms with Crippen LogP contribution in [0.3, 0.4) is 0 Å². The fourth-order valence-corrected chi connectivity index (χ4v) is 5.99. The SMILES string of the molecule is Cc1cccc([C@H]2C[C@@]3(C)C(C#N)=C(c4ccccc4)[C@]2(C#N)C3(C)NC(=O)C(F)(F)F)c1. The quantitative estimate of drug-likeness (QED) is 0.679. The maximum Gasteiger partial charge on any atom is 0.471 e. The molecule has 0 aromatic heterocycles. The monoisotopic (exact) mass is 449 g/mol. The Bertz CT molecular complexity index is 1250. The van der Waals surface area contributed by atoms with E-state index in [2.05, 4.69) is 17.5 Å². The molecule has 2 aliphatic rings. The van der Waals surface area contributed by atoms with Gasteiger partial charge in [-0.3, -0.25) is 4.79 Å². The Balaban J connectivity index is 2.06. The van der Waals surface area contributed by atoms with Crippen LogP contribution >= 0.6 is 0 Å². The third-order valence-electron chi connectivity index (χ3n) is 7.64. The summed E-state index contributed by atoms with van der Waals surface area (Å²) in [5.41, 5.74) is -1.52. The van der Waals surface area contributed by atoms with Gasteiger partial charge in [-0.2, -0.15) is 23.7 Å². The summed E-state index contributed by atoms with van der Waals surface area (Å²) in [4.78, 5) is 12.2. The zero-order valence-corrected chi connectivity index (χ0v) is 18.4. The van der Waals surface area contributed by atoms with Gasteiger partial charge in [0.2, 0.25) is 0 Å². The number of fused-ring (bicyclic) bond motifs is 2. The van der Waals surface area contributed by atoms with Crippen molar-refractivity contribution in [2.24, 2.45) is 10.8 Å². The van der Waals surface area contributed by atoms with Crippen molar-refractivity contribution in [2.75, 3.05) is 0 Å². The van der Waals surface area contributed by atoms with Crippen molar-refractivity contribution in [1.82, 2.24) is 5.32 Å². The average molecular weight is 449 g/mol. The van der Waals surface area contributed by atoms with Gasteiger partial charge in [0.15, 0.2) is 0 Å². The maximum absolute atomic E-state index is 13.4. The number of amides is 1. The molecule has 4 atom stereocenters. The number of nitrogens with one attached hydrogen (secondary N) is 1. The molecule has 0 aliphatic heterocycles. The second-order valence-corrected chi connectivity index (χ2v) is 9.23. The average Bonchev–Trinajstić information content (AvgIpc) is 3.06. The van der Waals surface area contributed by atoms with Gasteiger partial charge in [0.05, 0.1) is 17.7 Å². The number of nitrogens with zero attached hydrogens (tertiary/aromatic N) is 2. The molecular formula is C26H22F3N3O. The number of alkyl halides is 3. The summed E-state index contributed by atoms with van der Waals surface area (Å²) in [7, 11) is 0. The summed E-state index contributed by atoms with van der Waals surface area (Å²) in [5, 5.41) is 23.1. The van der Waals surface area contributed by atoms with Crippen molar-refractivity contribution in [3.63, 3.8) is 0 Å². The molecule has 2 bridgehead atoms. The van der Waals surface area contributed by atoms with E-state index in [9.17, 15) is 28.5 Å². The Kier molecular flexibility index (Phi) is 4.94. The van der Waals surface area contributed by atoms with Gasteiger partial charge in [0.1, 0.15) is 5.41 Å². The highest BCUT2D eigenvalue weighted by molar-refractivity contribution is 5.91. The van der Waals surface area contributed by atoms with E-state index in [1.807, 2.05) is 31.2 Å². The topological polar surface area (TPSA) is 76.7 Å². The third-order valence-corrected chi connectivity index (χ3v) is 7.64. The summed E-state index contributed by atoms with van der Waals surface area (Å²) in [6, 6.07) is 20.8. The molecule has 168 valence electrons. The van der Waals surface area contributed by atoms with Crippen LogP contribution in [0.5, 0.6) is 0 Å². The van der Waals surface area contributed by atoms with Gasteiger partial charge in [0.25, 0.3) is 0 Å².